The lowest BCUT2D eigenvalue weighted by Crippen LogP contribution is -2.38. The summed E-state index contributed by atoms with van der Waals surface area (Å²) in [6.07, 6.45) is 0.930. The highest BCUT2D eigenvalue weighted by molar-refractivity contribution is 9.09. The fourth-order valence-electron chi connectivity index (χ4n) is 2.70. The highest BCUT2D eigenvalue weighted by atomic mass is 79.9. The quantitative estimate of drug-likeness (QED) is 0.472. The zero-order valence-corrected chi connectivity index (χ0v) is 13.5. The Kier molecular flexibility index (Phi) is 4.82. The van der Waals surface area contributed by atoms with Crippen molar-refractivity contribution in [2.75, 3.05) is 19.0 Å². The van der Waals surface area contributed by atoms with Crippen molar-refractivity contribution < 1.29 is 14.5 Å². The van der Waals surface area contributed by atoms with Gasteiger partial charge in [0.05, 0.1) is 17.6 Å². The number of carbonyl (C=O) groups excluding carboxylic acids is 1. The number of nitro groups is 1. The van der Waals surface area contributed by atoms with E-state index in [1.165, 1.54) is 19.2 Å². The molecule has 2 rings (SSSR count). The summed E-state index contributed by atoms with van der Waals surface area (Å²) < 4.78 is 5.11. The average molecular weight is 357 g/mol. The van der Waals surface area contributed by atoms with Crippen molar-refractivity contribution in [3.63, 3.8) is 0 Å². The van der Waals surface area contributed by atoms with Gasteiger partial charge in [0.25, 0.3) is 5.91 Å². The first kappa shape index (κ1) is 15.8. The number of amides is 1. The SMILES string of the molecule is COc1c(C(=O)N2CCC(C)C2CBr)cccc1[N+](=O)[O-]. The van der Waals surface area contributed by atoms with Crippen LogP contribution in [-0.2, 0) is 0 Å². The molecule has 0 bridgehead atoms. The van der Waals surface area contributed by atoms with E-state index in [1.54, 1.807) is 11.0 Å². The minimum absolute atomic E-state index is 0.0281. The third-order valence-corrected chi connectivity index (χ3v) is 4.59. The molecule has 1 saturated heterocycles. The lowest BCUT2D eigenvalue weighted by Gasteiger charge is -2.25. The predicted molar refractivity (Wildman–Crippen MR) is 82.0 cm³/mol. The Morgan fingerprint density at radius 2 is 2.29 bits per heavy atom. The summed E-state index contributed by atoms with van der Waals surface area (Å²) >= 11 is 3.44. The molecule has 114 valence electrons. The second kappa shape index (κ2) is 6.43. The molecular formula is C14H17BrN2O4. The lowest BCUT2D eigenvalue weighted by molar-refractivity contribution is -0.385. The Morgan fingerprint density at radius 1 is 1.57 bits per heavy atom. The number of rotatable bonds is 4. The Morgan fingerprint density at radius 3 is 2.86 bits per heavy atom. The van der Waals surface area contributed by atoms with Crippen molar-refractivity contribution in [2.24, 2.45) is 5.92 Å². The number of ether oxygens (including phenoxy) is 1. The summed E-state index contributed by atoms with van der Waals surface area (Å²) in [5.74, 6) is 0.211. The fourth-order valence-corrected chi connectivity index (χ4v) is 3.69. The normalized spacial score (nSPS) is 21.4. The largest absolute Gasteiger partial charge is 0.490 e. The first-order valence-electron chi connectivity index (χ1n) is 6.69. The molecule has 0 aliphatic carbocycles. The number of para-hydroxylation sites is 1. The van der Waals surface area contributed by atoms with Gasteiger partial charge in [-0.3, -0.25) is 14.9 Å². The first-order chi connectivity index (χ1) is 10.0. The van der Waals surface area contributed by atoms with Gasteiger partial charge in [0, 0.05) is 24.0 Å². The van der Waals surface area contributed by atoms with Crippen LogP contribution in [0.3, 0.4) is 0 Å². The summed E-state index contributed by atoms with van der Waals surface area (Å²) in [4.78, 5) is 25.0. The molecule has 1 fully saturated rings. The molecule has 1 aromatic carbocycles. The number of alkyl halides is 1. The molecular weight excluding hydrogens is 340 g/mol. The molecule has 2 unspecified atom stereocenters. The third kappa shape index (κ3) is 2.88. The van der Waals surface area contributed by atoms with Gasteiger partial charge in [-0.2, -0.15) is 0 Å². The summed E-state index contributed by atoms with van der Waals surface area (Å²) in [5, 5.41) is 11.7. The number of benzene rings is 1. The summed E-state index contributed by atoms with van der Waals surface area (Å²) in [6.45, 7) is 2.76. The molecule has 1 aromatic rings. The molecule has 21 heavy (non-hydrogen) atoms. The summed E-state index contributed by atoms with van der Waals surface area (Å²) in [6, 6.07) is 4.52. The monoisotopic (exact) mass is 356 g/mol. The number of nitro benzene ring substituents is 1. The van der Waals surface area contributed by atoms with Crippen molar-refractivity contribution in [2.45, 2.75) is 19.4 Å². The van der Waals surface area contributed by atoms with E-state index in [0.29, 0.717) is 17.8 Å². The highest BCUT2D eigenvalue weighted by Gasteiger charge is 2.36. The molecule has 0 saturated carbocycles. The van der Waals surface area contributed by atoms with Crippen LogP contribution >= 0.6 is 15.9 Å². The highest BCUT2D eigenvalue weighted by Crippen LogP contribution is 2.34. The van der Waals surface area contributed by atoms with Crippen LogP contribution in [0.25, 0.3) is 0 Å². The Labute approximate surface area is 131 Å². The van der Waals surface area contributed by atoms with Crippen molar-refractivity contribution in [3.8, 4) is 5.75 Å². The Balaban J connectivity index is 2.40. The Bertz CT molecular complexity index is 564. The standard InChI is InChI=1S/C14H17BrN2O4/c1-9-6-7-16(12(9)8-15)14(18)10-4-3-5-11(17(19)20)13(10)21-2/h3-5,9,12H,6-8H2,1-2H3. The van der Waals surface area contributed by atoms with E-state index in [9.17, 15) is 14.9 Å². The van der Waals surface area contributed by atoms with Gasteiger partial charge in [-0.15, -0.1) is 0 Å². The van der Waals surface area contributed by atoms with Crippen LogP contribution in [0, 0.1) is 16.0 Å². The van der Waals surface area contributed by atoms with E-state index in [2.05, 4.69) is 22.9 Å². The maximum absolute atomic E-state index is 12.7. The van der Waals surface area contributed by atoms with Gasteiger partial charge in [0.15, 0.2) is 0 Å². The molecule has 6 nitrogen and oxygen atoms in total. The van der Waals surface area contributed by atoms with E-state index >= 15 is 0 Å². The number of halogens is 1. The van der Waals surface area contributed by atoms with Gasteiger partial charge in [-0.25, -0.2) is 0 Å². The number of likely N-dealkylation sites (tertiary alicyclic amines) is 1. The number of hydrogen-bond acceptors (Lipinski definition) is 4. The lowest BCUT2D eigenvalue weighted by atomic mass is 10.0. The zero-order chi connectivity index (χ0) is 15.6. The molecule has 1 amide bonds. The fraction of sp³-hybridized carbons (Fsp3) is 0.500. The molecule has 1 aliphatic rings. The van der Waals surface area contributed by atoms with E-state index in [-0.39, 0.29) is 28.9 Å². The second-order valence-corrected chi connectivity index (χ2v) is 5.75. The molecule has 1 aliphatic heterocycles. The van der Waals surface area contributed by atoms with E-state index in [0.717, 1.165) is 6.42 Å². The van der Waals surface area contributed by atoms with E-state index < -0.39 is 4.92 Å². The maximum Gasteiger partial charge on any atom is 0.311 e. The minimum Gasteiger partial charge on any atom is -0.490 e. The molecule has 0 radical (unpaired) electrons. The van der Waals surface area contributed by atoms with Crippen LogP contribution in [0.5, 0.6) is 5.75 Å². The molecule has 0 aromatic heterocycles. The number of nitrogens with zero attached hydrogens (tertiary/aromatic N) is 2. The molecule has 1 heterocycles. The van der Waals surface area contributed by atoms with Gasteiger partial charge in [0.2, 0.25) is 5.75 Å². The van der Waals surface area contributed by atoms with E-state index in [1.807, 2.05) is 0 Å². The summed E-state index contributed by atoms with van der Waals surface area (Å²) in [5.41, 5.74) is 0.0535. The van der Waals surface area contributed by atoms with Crippen LogP contribution in [0.1, 0.15) is 23.7 Å². The van der Waals surface area contributed by atoms with Crippen LogP contribution < -0.4 is 4.74 Å². The van der Waals surface area contributed by atoms with E-state index in [4.69, 9.17) is 4.74 Å². The van der Waals surface area contributed by atoms with Crippen molar-refractivity contribution in [3.05, 3.63) is 33.9 Å². The second-order valence-electron chi connectivity index (χ2n) is 5.10. The van der Waals surface area contributed by atoms with Gasteiger partial charge in [-0.05, 0) is 18.4 Å². The molecule has 7 heteroatoms. The zero-order valence-electron chi connectivity index (χ0n) is 11.9. The van der Waals surface area contributed by atoms with Crippen LogP contribution in [-0.4, -0.2) is 40.8 Å². The van der Waals surface area contributed by atoms with Crippen molar-refractivity contribution >= 4 is 27.5 Å². The van der Waals surface area contributed by atoms with Crippen LogP contribution in [0.2, 0.25) is 0 Å². The molecule has 0 spiro atoms. The predicted octanol–water partition coefficient (Wildman–Crippen LogP) is 2.85. The average Bonchev–Trinajstić information content (AvgIpc) is 2.86. The van der Waals surface area contributed by atoms with Gasteiger partial charge < -0.3 is 9.64 Å². The van der Waals surface area contributed by atoms with Crippen LogP contribution in [0.4, 0.5) is 5.69 Å². The minimum atomic E-state index is -0.538. The number of methoxy groups -OCH3 is 1. The smallest absolute Gasteiger partial charge is 0.311 e. The number of hydrogen-bond donors (Lipinski definition) is 0. The van der Waals surface area contributed by atoms with Gasteiger partial charge in [-0.1, -0.05) is 28.9 Å². The topological polar surface area (TPSA) is 72.7 Å². The molecule has 0 N–H and O–H groups in total. The Hall–Kier alpha value is -1.63. The van der Waals surface area contributed by atoms with Crippen LogP contribution in [0.15, 0.2) is 18.2 Å². The summed E-state index contributed by atoms with van der Waals surface area (Å²) in [7, 11) is 1.34. The van der Waals surface area contributed by atoms with Gasteiger partial charge >= 0.3 is 5.69 Å². The number of carbonyl (C=O) groups is 1. The first-order valence-corrected chi connectivity index (χ1v) is 7.81. The maximum atomic E-state index is 12.7. The molecule has 2 atom stereocenters. The van der Waals surface area contributed by atoms with Gasteiger partial charge in [0.1, 0.15) is 0 Å². The van der Waals surface area contributed by atoms with Crippen molar-refractivity contribution in [1.82, 2.24) is 4.90 Å². The third-order valence-electron chi connectivity index (χ3n) is 3.93. The van der Waals surface area contributed by atoms with Crippen molar-refractivity contribution in [1.29, 1.82) is 0 Å².